The van der Waals surface area contributed by atoms with E-state index < -0.39 is 17.5 Å². The normalized spacial score (nSPS) is 19.2. The third-order valence-electron chi connectivity index (χ3n) is 9.64. The molecule has 0 radical (unpaired) electrons. The number of likely N-dealkylation sites (N-methyl/N-ethyl adjacent to an activating group) is 1. The highest BCUT2D eigenvalue weighted by Gasteiger charge is 2.49. The fraction of sp³-hybridized carbons (Fsp3) is 0.744. The van der Waals surface area contributed by atoms with E-state index in [0.29, 0.717) is 5.56 Å². The molecule has 2 fully saturated rings. The molecule has 1 aromatic rings. The van der Waals surface area contributed by atoms with Crippen LogP contribution in [0.5, 0.6) is 0 Å². The number of allylic oxidation sites excluding steroid dienone is 2. The maximum atomic E-state index is 12.9. The SMILES string of the molecule is CCCCCC/C=C\CCCCCCCCCCCC(=O)[O-].C[N+]1(C)CCC(OC(=O)C(O)(c2ccccc2)C2CCCC2)C1. The van der Waals surface area contributed by atoms with Gasteiger partial charge in [-0.1, -0.05) is 126 Å². The first-order chi connectivity index (χ1) is 21.7. The summed E-state index contributed by atoms with van der Waals surface area (Å²) in [5.41, 5.74) is -0.832. The lowest BCUT2D eigenvalue weighted by Gasteiger charge is -2.33. The van der Waals surface area contributed by atoms with Gasteiger partial charge in [-0.25, -0.2) is 4.79 Å². The Balaban J connectivity index is 0.000000314. The predicted molar refractivity (Wildman–Crippen MR) is 182 cm³/mol. The molecule has 3 rings (SSSR count). The van der Waals surface area contributed by atoms with Crippen LogP contribution in [-0.4, -0.2) is 54.8 Å². The molecule has 0 bridgehead atoms. The second-order valence-electron chi connectivity index (χ2n) is 14.2. The molecular formula is C39H65NO5. The highest BCUT2D eigenvalue weighted by Crippen LogP contribution is 2.42. The van der Waals surface area contributed by atoms with Crippen molar-refractivity contribution < 1.29 is 29.0 Å². The Bertz CT molecular complexity index is 955. The van der Waals surface area contributed by atoms with E-state index in [0.717, 1.165) is 62.5 Å². The Kier molecular flexibility index (Phi) is 19.4. The minimum absolute atomic E-state index is 0.0405. The topological polar surface area (TPSA) is 86.7 Å². The van der Waals surface area contributed by atoms with E-state index in [-0.39, 0.29) is 18.4 Å². The lowest BCUT2D eigenvalue weighted by molar-refractivity contribution is -0.879. The zero-order valence-electron chi connectivity index (χ0n) is 29.0. The Morgan fingerprint density at radius 1 is 0.844 bits per heavy atom. The number of hydrogen-bond acceptors (Lipinski definition) is 5. The van der Waals surface area contributed by atoms with Gasteiger partial charge in [-0.05, 0) is 56.9 Å². The Hall–Kier alpha value is -2.18. The van der Waals surface area contributed by atoms with E-state index in [1.165, 1.54) is 83.5 Å². The third-order valence-corrected chi connectivity index (χ3v) is 9.64. The van der Waals surface area contributed by atoms with Crippen LogP contribution in [0.2, 0.25) is 0 Å². The summed E-state index contributed by atoms with van der Waals surface area (Å²) in [6.45, 7) is 4.08. The summed E-state index contributed by atoms with van der Waals surface area (Å²) in [6.07, 6.45) is 28.5. The molecule has 1 N–H and O–H groups in total. The zero-order valence-corrected chi connectivity index (χ0v) is 29.0. The predicted octanol–water partition coefficient (Wildman–Crippen LogP) is 8.01. The number of carbonyl (C=O) groups excluding carboxylic acids is 2. The first-order valence-electron chi connectivity index (χ1n) is 18.3. The van der Waals surface area contributed by atoms with Crippen LogP contribution in [0.4, 0.5) is 0 Å². The number of aliphatic hydroxyl groups is 1. The number of carboxylic acid groups (broad SMARTS) is 1. The molecule has 45 heavy (non-hydrogen) atoms. The van der Waals surface area contributed by atoms with Gasteiger partial charge in [0.15, 0.2) is 11.7 Å². The third kappa shape index (κ3) is 15.8. The second kappa shape index (κ2) is 22.4. The summed E-state index contributed by atoms with van der Waals surface area (Å²) in [6, 6.07) is 9.33. The van der Waals surface area contributed by atoms with Crippen LogP contribution < -0.4 is 5.11 Å². The quantitative estimate of drug-likeness (QED) is 0.0646. The van der Waals surface area contributed by atoms with Crippen LogP contribution in [-0.2, 0) is 19.9 Å². The summed E-state index contributed by atoms with van der Waals surface area (Å²) in [7, 11) is 4.29. The molecule has 2 unspecified atom stereocenters. The fourth-order valence-electron chi connectivity index (χ4n) is 6.81. The van der Waals surface area contributed by atoms with E-state index in [4.69, 9.17) is 4.74 Å². The van der Waals surface area contributed by atoms with Gasteiger partial charge in [-0.15, -0.1) is 0 Å². The fourth-order valence-corrected chi connectivity index (χ4v) is 6.81. The maximum absolute atomic E-state index is 12.9. The minimum atomic E-state index is -1.50. The van der Waals surface area contributed by atoms with Gasteiger partial charge in [0.25, 0.3) is 0 Å². The molecule has 2 atom stereocenters. The molecule has 256 valence electrons. The molecule has 1 aromatic carbocycles. The number of ether oxygens (including phenoxy) is 1. The smallest absolute Gasteiger partial charge is 0.343 e. The number of esters is 1. The van der Waals surface area contributed by atoms with E-state index in [9.17, 15) is 19.8 Å². The van der Waals surface area contributed by atoms with Gasteiger partial charge in [0.05, 0.1) is 20.6 Å². The monoisotopic (exact) mass is 627 g/mol. The van der Waals surface area contributed by atoms with Crippen molar-refractivity contribution in [3.63, 3.8) is 0 Å². The lowest BCUT2D eigenvalue weighted by Crippen LogP contribution is -2.46. The average molecular weight is 628 g/mol. The van der Waals surface area contributed by atoms with Crippen molar-refractivity contribution in [1.82, 2.24) is 0 Å². The molecule has 2 aliphatic rings. The average Bonchev–Trinajstić information content (AvgIpc) is 3.69. The molecule has 0 spiro atoms. The molecule has 1 saturated heterocycles. The van der Waals surface area contributed by atoms with Crippen LogP contribution in [0.25, 0.3) is 0 Å². The van der Waals surface area contributed by atoms with Crippen LogP contribution in [0.15, 0.2) is 42.5 Å². The van der Waals surface area contributed by atoms with Crippen molar-refractivity contribution in [1.29, 1.82) is 0 Å². The van der Waals surface area contributed by atoms with Crippen molar-refractivity contribution in [3.05, 3.63) is 48.0 Å². The molecular weight excluding hydrogens is 562 g/mol. The van der Waals surface area contributed by atoms with Gasteiger partial charge >= 0.3 is 5.97 Å². The van der Waals surface area contributed by atoms with E-state index in [1.54, 1.807) is 0 Å². The standard InChI is InChI=1S/C20H38O2.C19H28NO3/c1-2-3-4-5-6-7-8-9-10-11-12-13-14-15-16-17-18-19-20(21)22;1-20(2)13-12-17(14-20)23-18(21)19(22,16-10-6-7-11-16)15-8-4-3-5-9-15/h7-8H,2-6,9-19H2,1H3,(H,21,22);3-5,8-9,16-17,22H,6-7,10-14H2,1-2H3/q;+1/p-1/b8-7-;. The molecule has 1 aliphatic heterocycles. The Labute approximate surface area is 275 Å². The molecule has 1 heterocycles. The van der Waals surface area contributed by atoms with Crippen molar-refractivity contribution in [2.75, 3.05) is 27.2 Å². The molecule has 1 saturated carbocycles. The van der Waals surface area contributed by atoms with Crippen LogP contribution in [0.3, 0.4) is 0 Å². The van der Waals surface area contributed by atoms with Crippen LogP contribution in [0, 0.1) is 5.92 Å². The molecule has 1 aliphatic carbocycles. The molecule has 6 heteroatoms. The minimum Gasteiger partial charge on any atom is -0.550 e. The second-order valence-corrected chi connectivity index (χ2v) is 14.2. The zero-order chi connectivity index (χ0) is 32.8. The van der Waals surface area contributed by atoms with Gasteiger partial charge in [0, 0.05) is 18.3 Å². The number of likely N-dealkylation sites (tertiary alicyclic amines) is 1. The van der Waals surface area contributed by atoms with Crippen molar-refractivity contribution in [2.45, 2.75) is 153 Å². The summed E-state index contributed by atoms with van der Waals surface area (Å²) in [4.78, 5) is 23.2. The number of quaternary nitrogens is 1. The number of hydrogen-bond donors (Lipinski definition) is 1. The number of carbonyl (C=O) groups is 2. The number of benzene rings is 1. The van der Waals surface area contributed by atoms with Gasteiger partial charge in [-0.3, -0.25) is 0 Å². The largest absolute Gasteiger partial charge is 0.550 e. The number of aliphatic carboxylic acids is 1. The number of carboxylic acids is 1. The first kappa shape index (κ1) is 39.0. The number of nitrogens with zero attached hydrogens (tertiary/aromatic N) is 1. The van der Waals surface area contributed by atoms with E-state index in [1.807, 2.05) is 30.3 Å². The summed E-state index contributed by atoms with van der Waals surface area (Å²) >= 11 is 0. The number of rotatable bonds is 21. The maximum Gasteiger partial charge on any atom is 0.343 e. The van der Waals surface area contributed by atoms with E-state index in [2.05, 4.69) is 33.2 Å². The summed E-state index contributed by atoms with van der Waals surface area (Å²) < 4.78 is 6.64. The summed E-state index contributed by atoms with van der Waals surface area (Å²) in [5, 5.41) is 21.6. The molecule has 6 nitrogen and oxygen atoms in total. The van der Waals surface area contributed by atoms with Crippen molar-refractivity contribution in [3.8, 4) is 0 Å². The van der Waals surface area contributed by atoms with Gasteiger partial charge in [-0.2, -0.15) is 0 Å². The van der Waals surface area contributed by atoms with E-state index >= 15 is 0 Å². The first-order valence-corrected chi connectivity index (χ1v) is 18.3. The lowest BCUT2D eigenvalue weighted by atomic mass is 9.80. The number of unbranched alkanes of at least 4 members (excludes halogenated alkanes) is 13. The Morgan fingerprint density at radius 2 is 1.38 bits per heavy atom. The van der Waals surface area contributed by atoms with Crippen LogP contribution in [0.1, 0.15) is 147 Å². The van der Waals surface area contributed by atoms with Gasteiger partial charge in [0.1, 0.15) is 6.54 Å². The molecule has 0 amide bonds. The highest BCUT2D eigenvalue weighted by atomic mass is 16.6. The van der Waals surface area contributed by atoms with Crippen LogP contribution >= 0.6 is 0 Å². The van der Waals surface area contributed by atoms with Crippen molar-refractivity contribution in [2.24, 2.45) is 5.92 Å². The van der Waals surface area contributed by atoms with Crippen molar-refractivity contribution >= 4 is 11.9 Å². The Morgan fingerprint density at radius 3 is 1.89 bits per heavy atom. The summed E-state index contributed by atoms with van der Waals surface area (Å²) in [5.74, 6) is -1.40. The highest BCUT2D eigenvalue weighted by molar-refractivity contribution is 5.81. The molecule has 0 aromatic heterocycles. The van der Waals surface area contributed by atoms with Gasteiger partial charge < -0.3 is 24.2 Å². The van der Waals surface area contributed by atoms with Gasteiger partial charge in [0.2, 0.25) is 0 Å².